The van der Waals surface area contributed by atoms with Gasteiger partial charge in [0.1, 0.15) is 11.5 Å². The van der Waals surface area contributed by atoms with Crippen molar-refractivity contribution in [3.63, 3.8) is 0 Å². The Morgan fingerprint density at radius 3 is 2.42 bits per heavy atom. The van der Waals surface area contributed by atoms with E-state index < -0.39 is 11.7 Å². The first-order valence-corrected chi connectivity index (χ1v) is 5.96. The number of rotatable bonds is 6. The van der Waals surface area contributed by atoms with E-state index in [9.17, 15) is 9.59 Å². The maximum Gasteiger partial charge on any atom is 0.289 e. The summed E-state index contributed by atoms with van der Waals surface area (Å²) in [5.74, 6) is 0.494. The Bertz CT molecular complexity index is 471. The average Bonchev–Trinajstić information content (AvgIpc) is 2.43. The highest BCUT2D eigenvalue weighted by atomic mass is 16.5. The molecule has 0 aliphatic carbocycles. The molecule has 5 heteroatoms. The number of Topliss-reactive ketones (excluding diaryl/α,β-unsaturated/α-hetero) is 1. The third kappa shape index (κ3) is 3.98. The van der Waals surface area contributed by atoms with E-state index in [-0.39, 0.29) is 0 Å². The Morgan fingerprint density at radius 1 is 1.21 bits per heavy atom. The minimum atomic E-state index is -0.479. The highest BCUT2D eigenvalue weighted by molar-refractivity contribution is 6.34. The quantitative estimate of drug-likeness (QED) is 0.727. The molecule has 0 saturated heterocycles. The number of ketones is 1. The van der Waals surface area contributed by atoms with Crippen LogP contribution in [0.5, 0.6) is 11.5 Å². The monoisotopic (exact) mass is 265 g/mol. The molecule has 0 spiro atoms. The molecule has 0 aliphatic rings. The molecule has 0 atom stereocenters. The molecule has 1 rings (SSSR count). The van der Waals surface area contributed by atoms with Gasteiger partial charge < -0.3 is 14.4 Å². The number of ether oxygens (including phenoxy) is 2. The molecule has 5 nitrogen and oxygen atoms in total. The van der Waals surface area contributed by atoms with Crippen molar-refractivity contribution >= 4 is 11.7 Å². The summed E-state index contributed by atoms with van der Waals surface area (Å²) in [6.07, 6.45) is 0.614. The maximum atomic E-state index is 11.4. The van der Waals surface area contributed by atoms with Crippen LogP contribution >= 0.6 is 0 Å². The zero-order valence-electron chi connectivity index (χ0n) is 11.7. The van der Waals surface area contributed by atoms with Crippen LogP contribution in [0.3, 0.4) is 0 Å². The highest BCUT2D eigenvalue weighted by Gasteiger charge is 2.14. The third-order valence-electron chi connectivity index (χ3n) is 2.86. The summed E-state index contributed by atoms with van der Waals surface area (Å²) in [6, 6.07) is 5.52. The molecular weight excluding hydrogens is 246 g/mol. The Hall–Kier alpha value is -2.04. The third-order valence-corrected chi connectivity index (χ3v) is 2.86. The number of hydrogen-bond acceptors (Lipinski definition) is 4. The van der Waals surface area contributed by atoms with Crippen molar-refractivity contribution in [2.45, 2.75) is 13.3 Å². The zero-order valence-corrected chi connectivity index (χ0v) is 11.7. The largest absolute Gasteiger partial charge is 0.497 e. The van der Waals surface area contributed by atoms with Crippen molar-refractivity contribution in [2.24, 2.45) is 0 Å². The Kier molecular flexibility index (Phi) is 5.36. The Morgan fingerprint density at radius 2 is 1.89 bits per heavy atom. The van der Waals surface area contributed by atoms with Gasteiger partial charge in [-0.3, -0.25) is 9.59 Å². The van der Waals surface area contributed by atoms with E-state index in [2.05, 4.69) is 0 Å². The molecule has 104 valence electrons. The van der Waals surface area contributed by atoms with Gasteiger partial charge >= 0.3 is 0 Å². The van der Waals surface area contributed by atoms with Crippen molar-refractivity contribution in [1.82, 2.24) is 4.90 Å². The molecule has 0 aromatic heterocycles. The summed E-state index contributed by atoms with van der Waals surface area (Å²) < 4.78 is 10.4. The molecule has 0 fully saturated rings. The fraction of sp³-hybridized carbons (Fsp3) is 0.429. The normalized spacial score (nSPS) is 9.89. The van der Waals surface area contributed by atoms with Crippen molar-refractivity contribution in [3.8, 4) is 11.5 Å². The number of nitrogens with zero attached hydrogens (tertiary/aromatic N) is 1. The SMILES string of the molecule is COc1ccc(CCN(C)C(=O)C(C)=O)c(OC)c1. The van der Waals surface area contributed by atoms with Gasteiger partial charge in [-0.05, 0) is 18.1 Å². The van der Waals surface area contributed by atoms with Crippen LogP contribution < -0.4 is 9.47 Å². The summed E-state index contributed by atoms with van der Waals surface area (Å²) in [6.45, 7) is 1.73. The summed E-state index contributed by atoms with van der Waals surface area (Å²) in [7, 11) is 4.79. The molecule has 0 N–H and O–H groups in total. The van der Waals surface area contributed by atoms with Crippen LogP contribution in [0.4, 0.5) is 0 Å². The second-order valence-electron chi connectivity index (χ2n) is 4.21. The van der Waals surface area contributed by atoms with E-state index in [4.69, 9.17) is 9.47 Å². The molecule has 0 heterocycles. The van der Waals surface area contributed by atoms with Crippen molar-refractivity contribution in [2.75, 3.05) is 27.8 Å². The molecule has 0 unspecified atom stereocenters. The minimum Gasteiger partial charge on any atom is -0.497 e. The lowest BCUT2D eigenvalue weighted by Gasteiger charge is -2.16. The molecule has 1 aromatic carbocycles. The Balaban J connectivity index is 2.72. The van der Waals surface area contributed by atoms with Crippen LogP contribution in [0.2, 0.25) is 0 Å². The van der Waals surface area contributed by atoms with Crippen LogP contribution in [0.25, 0.3) is 0 Å². The summed E-state index contributed by atoms with van der Waals surface area (Å²) in [5, 5.41) is 0. The molecule has 0 saturated carbocycles. The maximum absolute atomic E-state index is 11.4. The van der Waals surface area contributed by atoms with E-state index >= 15 is 0 Å². The average molecular weight is 265 g/mol. The van der Waals surface area contributed by atoms with Crippen molar-refractivity contribution in [1.29, 1.82) is 0 Å². The van der Waals surface area contributed by atoms with Gasteiger partial charge in [-0.25, -0.2) is 0 Å². The van der Waals surface area contributed by atoms with Gasteiger partial charge in [0.05, 0.1) is 14.2 Å². The lowest BCUT2D eigenvalue weighted by atomic mass is 10.1. The fourth-order valence-electron chi connectivity index (χ4n) is 1.72. The van der Waals surface area contributed by atoms with E-state index in [0.717, 1.165) is 5.56 Å². The number of likely N-dealkylation sites (N-methyl/N-ethyl adjacent to an activating group) is 1. The van der Waals surface area contributed by atoms with E-state index in [1.165, 1.54) is 11.8 Å². The predicted octanol–water partition coefficient (Wildman–Crippen LogP) is 1.29. The second-order valence-corrected chi connectivity index (χ2v) is 4.21. The first kappa shape index (κ1) is 15.0. The van der Waals surface area contributed by atoms with E-state index in [1.807, 2.05) is 12.1 Å². The second kappa shape index (κ2) is 6.78. The van der Waals surface area contributed by atoms with Gasteiger partial charge in [0.25, 0.3) is 5.91 Å². The molecule has 1 aromatic rings. The number of methoxy groups -OCH3 is 2. The van der Waals surface area contributed by atoms with Crippen LogP contribution in [0.1, 0.15) is 12.5 Å². The Labute approximate surface area is 113 Å². The minimum absolute atomic E-state index is 0.454. The predicted molar refractivity (Wildman–Crippen MR) is 71.6 cm³/mol. The van der Waals surface area contributed by atoms with Crippen molar-refractivity contribution < 1.29 is 19.1 Å². The van der Waals surface area contributed by atoms with Crippen LogP contribution in [0, 0.1) is 0 Å². The van der Waals surface area contributed by atoms with Gasteiger partial charge in [-0.15, -0.1) is 0 Å². The number of carbonyl (C=O) groups excluding carboxylic acids is 2. The van der Waals surface area contributed by atoms with E-state index in [1.54, 1.807) is 27.3 Å². The first-order chi connectivity index (χ1) is 8.99. The van der Waals surface area contributed by atoms with Gasteiger partial charge in [0.2, 0.25) is 5.78 Å². The summed E-state index contributed by atoms with van der Waals surface area (Å²) in [5.41, 5.74) is 0.964. The lowest BCUT2D eigenvalue weighted by molar-refractivity contribution is -0.142. The fourth-order valence-corrected chi connectivity index (χ4v) is 1.72. The van der Waals surface area contributed by atoms with Gasteiger partial charge in [-0.1, -0.05) is 6.07 Å². The van der Waals surface area contributed by atoms with Gasteiger partial charge in [0.15, 0.2) is 0 Å². The zero-order chi connectivity index (χ0) is 14.4. The number of benzene rings is 1. The first-order valence-electron chi connectivity index (χ1n) is 5.96. The molecule has 0 aliphatic heterocycles. The number of carbonyl (C=O) groups is 2. The van der Waals surface area contributed by atoms with Crippen LogP contribution in [0.15, 0.2) is 18.2 Å². The van der Waals surface area contributed by atoms with Crippen LogP contribution in [-0.4, -0.2) is 44.4 Å². The summed E-state index contributed by atoms with van der Waals surface area (Å²) >= 11 is 0. The molecule has 0 radical (unpaired) electrons. The topological polar surface area (TPSA) is 55.8 Å². The highest BCUT2D eigenvalue weighted by Crippen LogP contribution is 2.24. The van der Waals surface area contributed by atoms with Crippen molar-refractivity contribution in [3.05, 3.63) is 23.8 Å². The molecule has 1 amide bonds. The molecule has 0 bridgehead atoms. The number of amides is 1. The smallest absolute Gasteiger partial charge is 0.289 e. The van der Waals surface area contributed by atoms with Gasteiger partial charge in [-0.2, -0.15) is 0 Å². The molecule has 19 heavy (non-hydrogen) atoms. The van der Waals surface area contributed by atoms with Gasteiger partial charge in [0, 0.05) is 26.6 Å². The molecular formula is C14H19NO4. The number of hydrogen-bond donors (Lipinski definition) is 0. The van der Waals surface area contributed by atoms with Crippen LogP contribution in [-0.2, 0) is 16.0 Å². The standard InChI is InChI=1S/C14H19NO4/c1-10(16)14(17)15(2)8-7-11-5-6-12(18-3)9-13(11)19-4/h5-6,9H,7-8H2,1-4H3. The summed E-state index contributed by atoms with van der Waals surface area (Å²) in [4.78, 5) is 23.8. The lowest BCUT2D eigenvalue weighted by Crippen LogP contribution is -2.33. The van der Waals surface area contributed by atoms with E-state index in [0.29, 0.717) is 24.5 Å².